The second-order valence-electron chi connectivity index (χ2n) is 8.34. The van der Waals surface area contributed by atoms with Crippen LogP contribution < -0.4 is 5.73 Å². The third-order valence-corrected chi connectivity index (χ3v) is 6.14. The first kappa shape index (κ1) is 23.2. The van der Waals surface area contributed by atoms with Crippen LogP contribution in [0.4, 0.5) is 0 Å². The molecule has 0 saturated heterocycles. The van der Waals surface area contributed by atoms with Gasteiger partial charge in [-0.25, -0.2) is 0 Å². The van der Waals surface area contributed by atoms with Crippen molar-refractivity contribution in [3.8, 4) is 11.1 Å². The molecule has 2 aromatic carbocycles. The van der Waals surface area contributed by atoms with Crippen LogP contribution in [0.1, 0.15) is 64.4 Å². The van der Waals surface area contributed by atoms with Gasteiger partial charge in [0.15, 0.2) is 5.78 Å². The molecule has 2 unspecified atom stereocenters. The lowest BCUT2D eigenvalue weighted by Crippen LogP contribution is -2.16. The quantitative estimate of drug-likeness (QED) is 0.443. The number of hydrogen-bond acceptors (Lipinski definition) is 4. The van der Waals surface area contributed by atoms with Crippen LogP contribution in [0.3, 0.4) is 0 Å². The van der Waals surface area contributed by atoms with E-state index < -0.39 is 5.91 Å². The predicted octanol–water partition coefficient (Wildman–Crippen LogP) is 4.73. The maximum absolute atomic E-state index is 13.0. The normalized spacial score (nSPS) is 18.3. The van der Waals surface area contributed by atoms with Crippen molar-refractivity contribution >= 4 is 11.7 Å². The minimum absolute atomic E-state index is 0.00831. The molecular formula is C26H33NO4. The molecule has 2 aromatic rings. The van der Waals surface area contributed by atoms with E-state index in [0.717, 1.165) is 59.9 Å². The average Bonchev–Trinajstić information content (AvgIpc) is 3.23. The van der Waals surface area contributed by atoms with Crippen LogP contribution >= 0.6 is 0 Å². The first-order chi connectivity index (χ1) is 15.0. The molecule has 0 aromatic heterocycles. The third-order valence-electron chi connectivity index (χ3n) is 6.14. The molecule has 166 valence electrons. The lowest BCUT2D eigenvalue weighted by atomic mass is 9.87. The predicted molar refractivity (Wildman–Crippen MR) is 122 cm³/mol. The zero-order chi connectivity index (χ0) is 22.4. The van der Waals surface area contributed by atoms with Gasteiger partial charge in [0.25, 0.3) is 0 Å². The van der Waals surface area contributed by atoms with Crippen LogP contribution in [0.15, 0.2) is 36.4 Å². The van der Waals surface area contributed by atoms with E-state index in [2.05, 4.69) is 6.92 Å². The molecule has 1 amide bonds. The number of methoxy groups -OCH3 is 1. The van der Waals surface area contributed by atoms with E-state index >= 15 is 0 Å². The number of hydrogen-bond donors (Lipinski definition) is 1. The number of carbonyl (C=O) groups is 2. The van der Waals surface area contributed by atoms with E-state index in [1.54, 1.807) is 7.11 Å². The Balaban J connectivity index is 1.79. The van der Waals surface area contributed by atoms with Gasteiger partial charge in [0.2, 0.25) is 5.91 Å². The van der Waals surface area contributed by atoms with Crippen LogP contribution in [0, 0.1) is 12.8 Å². The van der Waals surface area contributed by atoms with Gasteiger partial charge < -0.3 is 15.2 Å². The topological polar surface area (TPSA) is 78.6 Å². The number of rotatable bonds is 10. The molecule has 2 atom stereocenters. The maximum Gasteiger partial charge on any atom is 0.248 e. The van der Waals surface area contributed by atoms with Crippen LogP contribution in [-0.4, -0.2) is 38.1 Å². The molecule has 0 heterocycles. The van der Waals surface area contributed by atoms with Crippen molar-refractivity contribution in [2.75, 3.05) is 20.3 Å². The van der Waals surface area contributed by atoms with Crippen molar-refractivity contribution in [2.24, 2.45) is 11.7 Å². The zero-order valence-corrected chi connectivity index (χ0v) is 18.8. The first-order valence-corrected chi connectivity index (χ1v) is 11.1. The van der Waals surface area contributed by atoms with Crippen molar-refractivity contribution in [1.29, 1.82) is 0 Å². The Hall–Kier alpha value is -2.50. The summed E-state index contributed by atoms with van der Waals surface area (Å²) in [7, 11) is 1.66. The molecule has 1 saturated carbocycles. The van der Waals surface area contributed by atoms with Crippen LogP contribution in [0.5, 0.6) is 0 Å². The molecule has 0 radical (unpaired) electrons. The van der Waals surface area contributed by atoms with Crippen LogP contribution in [-0.2, 0) is 15.9 Å². The molecule has 1 aliphatic rings. The Kier molecular flexibility index (Phi) is 7.99. The lowest BCUT2D eigenvalue weighted by Gasteiger charge is -2.17. The summed E-state index contributed by atoms with van der Waals surface area (Å²) in [6, 6.07) is 11.5. The molecule has 31 heavy (non-hydrogen) atoms. The third kappa shape index (κ3) is 5.41. The van der Waals surface area contributed by atoms with Crippen molar-refractivity contribution in [3.63, 3.8) is 0 Å². The molecular weight excluding hydrogens is 390 g/mol. The second-order valence-corrected chi connectivity index (χ2v) is 8.34. The summed E-state index contributed by atoms with van der Waals surface area (Å²) < 4.78 is 10.8. The number of aryl methyl sites for hydroxylation is 1. The fourth-order valence-electron chi connectivity index (χ4n) is 4.57. The summed E-state index contributed by atoms with van der Waals surface area (Å²) in [5.74, 6) is -0.213. The molecule has 1 aliphatic carbocycles. The van der Waals surface area contributed by atoms with Gasteiger partial charge >= 0.3 is 0 Å². The number of primary amides is 1. The maximum atomic E-state index is 13.0. The molecule has 0 spiro atoms. The standard InChI is InChI=1S/C26H33NO4/c1-4-5-22-23(26(27)29)13-6-17(2)24(22)18-7-9-19(10-8-18)25(28)20-11-12-21(16-20)31-15-14-30-3/h6-10,13,20-21H,4-5,11-12,14-16H2,1-3H3,(H2,27,29). The van der Waals surface area contributed by atoms with Gasteiger partial charge in [0, 0.05) is 24.2 Å². The Morgan fingerprint density at radius 1 is 1.06 bits per heavy atom. The fraction of sp³-hybridized carbons (Fsp3) is 0.462. The minimum Gasteiger partial charge on any atom is -0.382 e. The summed E-state index contributed by atoms with van der Waals surface area (Å²) in [5, 5.41) is 0. The Morgan fingerprint density at radius 2 is 1.81 bits per heavy atom. The van der Waals surface area contributed by atoms with Crippen molar-refractivity contribution in [3.05, 3.63) is 58.7 Å². The number of amides is 1. The Bertz CT molecular complexity index is 920. The van der Waals surface area contributed by atoms with E-state index in [9.17, 15) is 9.59 Å². The summed E-state index contributed by atoms with van der Waals surface area (Å²) in [6.07, 6.45) is 4.38. The molecule has 0 bridgehead atoms. The van der Waals surface area contributed by atoms with Crippen molar-refractivity contribution < 1.29 is 19.1 Å². The van der Waals surface area contributed by atoms with Gasteiger partial charge in [-0.1, -0.05) is 43.7 Å². The summed E-state index contributed by atoms with van der Waals surface area (Å²) in [6.45, 7) is 5.28. The highest BCUT2D eigenvalue weighted by Gasteiger charge is 2.31. The number of carbonyl (C=O) groups excluding carboxylic acids is 2. The van der Waals surface area contributed by atoms with Gasteiger partial charge in [0.05, 0.1) is 19.3 Å². The van der Waals surface area contributed by atoms with Crippen LogP contribution in [0.2, 0.25) is 0 Å². The van der Waals surface area contributed by atoms with E-state index in [4.69, 9.17) is 15.2 Å². The van der Waals surface area contributed by atoms with E-state index in [1.807, 2.05) is 43.3 Å². The van der Waals surface area contributed by atoms with Gasteiger partial charge in [-0.2, -0.15) is 0 Å². The van der Waals surface area contributed by atoms with Gasteiger partial charge in [-0.15, -0.1) is 0 Å². The van der Waals surface area contributed by atoms with Crippen molar-refractivity contribution in [2.45, 2.75) is 52.1 Å². The summed E-state index contributed by atoms with van der Waals surface area (Å²) >= 11 is 0. The SMILES string of the molecule is CCCc1c(C(N)=O)ccc(C)c1-c1ccc(C(=O)C2CCC(OCCOC)C2)cc1. The number of nitrogens with two attached hydrogens (primary N) is 1. The van der Waals surface area contributed by atoms with E-state index in [0.29, 0.717) is 18.8 Å². The number of benzene rings is 2. The highest BCUT2D eigenvalue weighted by molar-refractivity contribution is 5.99. The van der Waals surface area contributed by atoms with Gasteiger partial charge in [0.1, 0.15) is 0 Å². The highest BCUT2D eigenvalue weighted by atomic mass is 16.5. The Morgan fingerprint density at radius 3 is 2.45 bits per heavy atom. The fourth-order valence-corrected chi connectivity index (χ4v) is 4.57. The highest BCUT2D eigenvalue weighted by Crippen LogP contribution is 2.33. The molecule has 3 rings (SSSR count). The number of ketones is 1. The zero-order valence-electron chi connectivity index (χ0n) is 18.8. The molecule has 0 aliphatic heterocycles. The van der Waals surface area contributed by atoms with Gasteiger partial charge in [-0.3, -0.25) is 9.59 Å². The molecule has 1 fully saturated rings. The Labute approximate surface area is 184 Å². The van der Waals surface area contributed by atoms with Gasteiger partial charge in [-0.05, 0) is 60.9 Å². The monoisotopic (exact) mass is 423 g/mol. The lowest BCUT2D eigenvalue weighted by molar-refractivity contribution is 0.0192. The largest absolute Gasteiger partial charge is 0.382 e. The smallest absolute Gasteiger partial charge is 0.248 e. The average molecular weight is 424 g/mol. The molecule has 2 N–H and O–H groups in total. The van der Waals surface area contributed by atoms with Crippen molar-refractivity contribution in [1.82, 2.24) is 0 Å². The van der Waals surface area contributed by atoms with E-state index in [1.165, 1.54) is 0 Å². The van der Waals surface area contributed by atoms with E-state index in [-0.39, 0.29) is 17.8 Å². The summed E-state index contributed by atoms with van der Waals surface area (Å²) in [5.41, 5.74) is 11.1. The molecule has 5 nitrogen and oxygen atoms in total. The van der Waals surface area contributed by atoms with Crippen LogP contribution in [0.25, 0.3) is 11.1 Å². The summed E-state index contributed by atoms with van der Waals surface area (Å²) in [4.78, 5) is 25.0. The minimum atomic E-state index is -0.403. The second kappa shape index (κ2) is 10.7. The number of Topliss-reactive ketones (excluding diaryl/α,β-unsaturated/α-hetero) is 1. The molecule has 5 heteroatoms. The first-order valence-electron chi connectivity index (χ1n) is 11.1. The number of ether oxygens (including phenoxy) is 2.